The van der Waals surface area contributed by atoms with E-state index >= 15 is 0 Å². The molecular weight excluding hydrogens is 260 g/mol. The van der Waals surface area contributed by atoms with Crippen molar-refractivity contribution in [3.63, 3.8) is 0 Å². The average molecular weight is 270 g/mol. The molecule has 0 bridgehead atoms. The highest BCUT2D eigenvalue weighted by atomic mass is 32.1. The zero-order valence-corrected chi connectivity index (χ0v) is 10.2. The Balaban J connectivity index is 1.92. The van der Waals surface area contributed by atoms with Gasteiger partial charge < -0.3 is 15.8 Å². The Labute approximate surface area is 105 Å². The van der Waals surface area contributed by atoms with Crippen molar-refractivity contribution in [2.45, 2.75) is 13.0 Å². The number of nitrogens with two attached hydrogens (primary N) is 1. The van der Waals surface area contributed by atoms with Crippen LogP contribution in [0, 0.1) is 0 Å². The van der Waals surface area contributed by atoms with Crippen molar-refractivity contribution >= 4 is 28.2 Å². The lowest BCUT2D eigenvalue weighted by Gasteiger charge is -1.97. The van der Waals surface area contributed by atoms with E-state index in [0.29, 0.717) is 16.7 Å². The van der Waals surface area contributed by atoms with E-state index in [1.165, 1.54) is 11.3 Å². The third kappa shape index (κ3) is 2.99. The van der Waals surface area contributed by atoms with E-state index in [0.717, 1.165) is 0 Å². The van der Waals surface area contributed by atoms with Crippen molar-refractivity contribution in [3.05, 3.63) is 10.7 Å². The van der Waals surface area contributed by atoms with Crippen LogP contribution in [0.1, 0.15) is 10.7 Å². The first kappa shape index (κ1) is 12.4. The minimum Gasteiger partial charge on any atom is -0.379 e. The molecule has 10 heteroatoms. The maximum atomic E-state index is 11.6. The molecule has 3 N–H and O–H groups in total. The normalized spacial score (nSPS) is 10.5. The molecule has 96 valence electrons. The molecule has 2 rings (SSSR count). The molecular formula is C8H10N6O3S. The van der Waals surface area contributed by atoms with Crippen LogP contribution in [-0.2, 0) is 22.6 Å². The minimum absolute atomic E-state index is 0.0332. The van der Waals surface area contributed by atoms with Gasteiger partial charge in [0.2, 0.25) is 11.0 Å². The quantitative estimate of drug-likeness (QED) is 0.766. The van der Waals surface area contributed by atoms with E-state index in [1.54, 1.807) is 7.11 Å². The van der Waals surface area contributed by atoms with Gasteiger partial charge in [0, 0.05) is 7.11 Å². The van der Waals surface area contributed by atoms with E-state index in [1.807, 2.05) is 0 Å². The van der Waals surface area contributed by atoms with E-state index < -0.39 is 0 Å². The minimum atomic E-state index is -0.322. The standard InChI is InChI=1S/C8H10N6O3S/c1-16-3-6-11-12-8(18-6)10-5(15)2-4-7(9)14-17-13-4/h2-3H2,1H3,(H2,9,14)(H,10,12,15). The predicted molar refractivity (Wildman–Crippen MR) is 61.7 cm³/mol. The molecule has 1 amide bonds. The van der Waals surface area contributed by atoms with Crippen molar-refractivity contribution in [1.29, 1.82) is 0 Å². The number of nitrogen functional groups attached to an aromatic ring is 1. The first-order valence-corrected chi connectivity index (χ1v) is 5.68. The number of nitrogens with one attached hydrogen (secondary N) is 1. The number of nitrogens with zero attached hydrogens (tertiary/aromatic N) is 4. The number of amides is 1. The Morgan fingerprint density at radius 2 is 2.33 bits per heavy atom. The lowest BCUT2D eigenvalue weighted by Crippen LogP contribution is -2.15. The molecule has 0 saturated carbocycles. The number of hydrogen-bond acceptors (Lipinski definition) is 9. The smallest absolute Gasteiger partial charge is 0.232 e. The molecule has 9 nitrogen and oxygen atoms in total. The van der Waals surface area contributed by atoms with Gasteiger partial charge in [-0.2, -0.15) is 0 Å². The lowest BCUT2D eigenvalue weighted by atomic mass is 10.3. The summed E-state index contributed by atoms with van der Waals surface area (Å²) in [5.74, 6) is -0.222. The number of aromatic nitrogens is 4. The number of methoxy groups -OCH3 is 1. The lowest BCUT2D eigenvalue weighted by molar-refractivity contribution is -0.115. The summed E-state index contributed by atoms with van der Waals surface area (Å²) in [5, 5.41) is 18.1. The van der Waals surface area contributed by atoms with E-state index in [9.17, 15) is 4.79 Å². The summed E-state index contributed by atoms with van der Waals surface area (Å²) in [4.78, 5) is 11.6. The highest BCUT2D eigenvalue weighted by molar-refractivity contribution is 7.15. The van der Waals surface area contributed by atoms with Crippen molar-refractivity contribution in [2.75, 3.05) is 18.2 Å². The summed E-state index contributed by atoms with van der Waals surface area (Å²) in [5.41, 5.74) is 5.72. The Hall–Kier alpha value is -2.07. The monoisotopic (exact) mass is 270 g/mol. The third-order valence-corrected chi connectivity index (χ3v) is 2.71. The Morgan fingerprint density at radius 1 is 1.50 bits per heavy atom. The SMILES string of the molecule is COCc1nnc(NC(=O)Cc2nonc2N)s1. The highest BCUT2D eigenvalue weighted by Gasteiger charge is 2.13. The fraction of sp³-hybridized carbons (Fsp3) is 0.375. The Kier molecular flexibility index (Phi) is 3.79. The molecule has 0 radical (unpaired) electrons. The van der Waals surface area contributed by atoms with Crippen LogP contribution in [0.15, 0.2) is 4.63 Å². The number of rotatable bonds is 5. The fourth-order valence-corrected chi connectivity index (χ4v) is 1.87. The van der Waals surface area contributed by atoms with E-state index in [-0.39, 0.29) is 23.8 Å². The zero-order chi connectivity index (χ0) is 13.0. The first-order valence-electron chi connectivity index (χ1n) is 4.87. The maximum Gasteiger partial charge on any atom is 0.232 e. The van der Waals surface area contributed by atoms with Crippen molar-refractivity contribution in [1.82, 2.24) is 20.5 Å². The molecule has 0 aromatic carbocycles. The van der Waals surface area contributed by atoms with Crippen LogP contribution in [0.25, 0.3) is 0 Å². The number of carbonyl (C=O) groups is 1. The second-order valence-electron chi connectivity index (χ2n) is 3.26. The number of carbonyl (C=O) groups excluding carboxylic acids is 1. The van der Waals surface area contributed by atoms with Crippen molar-refractivity contribution in [2.24, 2.45) is 0 Å². The molecule has 0 unspecified atom stereocenters. The summed E-state index contributed by atoms with van der Waals surface area (Å²) < 4.78 is 9.28. The summed E-state index contributed by atoms with van der Waals surface area (Å²) in [6.07, 6.45) is -0.0332. The van der Waals surface area contributed by atoms with Gasteiger partial charge in [-0.05, 0) is 5.16 Å². The van der Waals surface area contributed by atoms with Crippen LogP contribution in [0.5, 0.6) is 0 Å². The molecule has 2 heterocycles. The largest absolute Gasteiger partial charge is 0.379 e. The van der Waals surface area contributed by atoms with Gasteiger partial charge in [0.05, 0.1) is 6.42 Å². The highest BCUT2D eigenvalue weighted by Crippen LogP contribution is 2.16. The summed E-state index contributed by atoms with van der Waals surface area (Å²) in [7, 11) is 1.56. The van der Waals surface area contributed by atoms with Crippen LogP contribution in [0.2, 0.25) is 0 Å². The van der Waals surface area contributed by atoms with Crippen molar-refractivity contribution in [3.8, 4) is 0 Å². The zero-order valence-electron chi connectivity index (χ0n) is 9.41. The average Bonchev–Trinajstić information content (AvgIpc) is 2.90. The second kappa shape index (κ2) is 5.51. The molecule has 0 spiro atoms. The third-order valence-electron chi connectivity index (χ3n) is 1.89. The molecule has 0 atom stereocenters. The topological polar surface area (TPSA) is 129 Å². The van der Waals surface area contributed by atoms with Gasteiger partial charge in [0.25, 0.3) is 0 Å². The van der Waals surface area contributed by atoms with Gasteiger partial charge in [-0.3, -0.25) is 4.79 Å². The first-order chi connectivity index (χ1) is 8.69. The summed E-state index contributed by atoms with van der Waals surface area (Å²) in [6.45, 7) is 0.355. The van der Waals surface area contributed by atoms with Gasteiger partial charge in [-0.15, -0.1) is 10.2 Å². The molecule has 0 saturated heterocycles. The fourth-order valence-electron chi connectivity index (χ4n) is 1.14. The van der Waals surface area contributed by atoms with Gasteiger partial charge in [0.1, 0.15) is 17.3 Å². The molecule has 0 aliphatic rings. The van der Waals surface area contributed by atoms with Crippen LogP contribution in [-0.4, -0.2) is 33.5 Å². The van der Waals surface area contributed by atoms with Gasteiger partial charge in [0.15, 0.2) is 5.82 Å². The molecule has 2 aromatic heterocycles. The molecule has 0 aliphatic carbocycles. The number of anilines is 2. The molecule has 18 heavy (non-hydrogen) atoms. The van der Waals surface area contributed by atoms with Crippen LogP contribution >= 0.6 is 11.3 Å². The molecule has 0 fully saturated rings. The Bertz CT molecular complexity index is 538. The van der Waals surface area contributed by atoms with E-state index in [2.05, 4.69) is 30.5 Å². The number of ether oxygens (including phenoxy) is 1. The summed E-state index contributed by atoms with van der Waals surface area (Å²) >= 11 is 1.23. The van der Waals surface area contributed by atoms with Crippen LogP contribution < -0.4 is 11.1 Å². The predicted octanol–water partition coefficient (Wildman–Crippen LogP) is -0.169. The molecule has 0 aliphatic heterocycles. The van der Waals surface area contributed by atoms with Crippen LogP contribution in [0.3, 0.4) is 0 Å². The second-order valence-corrected chi connectivity index (χ2v) is 4.32. The number of hydrogen-bond donors (Lipinski definition) is 2. The summed E-state index contributed by atoms with van der Waals surface area (Å²) in [6, 6.07) is 0. The van der Waals surface area contributed by atoms with Crippen molar-refractivity contribution < 1.29 is 14.2 Å². The van der Waals surface area contributed by atoms with Gasteiger partial charge >= 0.3 is 0 Å². The maximum absolute atomic E-state index is 11.6. The van der Waals surface area contributed by atoms with Gasteiger partial charge in [-0.1, -0.05) is 16.5 Å². The van der Waals surface area contributed by atoms with Gasteiger partial charge in [-0.25, -0.2) is 4.63 Å². The Morgan fingerprint density at radius 3 is 3.00 bits per heavy atom. The van der Waals surface area contributed by atoms with E-state index in [4.69, 9.17) is 10.5 Å². The molecule has 2 aromatic rings. The van der Waals surface area contributed by atoms with Crippen LogP contribution in [0.4, 0.5) is 10.9 Å².